The standard InChI is InChI=1S/C11H15NOS/c1-4-11(8-14-7-1)10-9(2-5-12-11)3-6-13-10/h3,6,12H,1-2,4-5,7-8H2. The van der Waals surface area contributed by atoms with Gasteiger partial charge in [0.1, 0.15) is 5.76 Å². The van der Waals surface area contributed by atoms with E-state index in [1.54, 1.807) is 0 Å². The molecule has 2 nitrogen and oxygen atoms in total. The first kappa shape index (κ1) is 8.86. The molecule has 3 heteroatoms. The average molecular weight is 209 g/mol. The third-order valence-corrected chi connectivity index (χ3v) is 4.55. The van der Waals surface area contributed by atoms with Gasteiger partial charge in [0, 0.05) is 12.3 Å². The topological polar surface area (TPSA) is 25.2 Å². The minimum absolute atomic E-state index is 0.167. The molecule has 1 N–H and O–H groups in total. The van der Waals surface area contributed by atoms with E-state index in [1.165, 1.54) is 35.7 Å². The van der Waals surface area contributed by atoms with Crippen LogP contribution in [0.4, 0.5) is 0 Å². The molecule has 2 aliphatic heterocycles. The van der Waals surface area contributed by atoms with Gasteiger partial charge in [0.2, 0.25) is 0 Å². The van der Waals surface area contributed by atoms with Gasteiger partial charge in [-0.15, -0.1) is 0 Å². The summed E-state index contributed by atoms with van der Waals surface area (Å²) in [6.45, 7) is 1.10. The minimum Gasteiger partial charge on any atom is -0.467 e. The number of nitrogens with one attached hydrogen (secondary N) is 1. The highest BCUT2D eigenvalue weighted by atomic mass is 32.2. The molecule has 0 aliphatic carbocycles. The first-order chi connectivity index (χ1) is 6.91. The van der Waals surface area contributed by atoms with Gasteiger partial charge < -0.3 is 9.73 Å². The minimum atomic E-state index is 0.167. The first-order valence-electron chi connectivity index (χ1n) is 5.30. The Kier molecular flexibility index (Phi) is 2.10. The lowest BCUT2D eigenvalue weighted by Gasteiger charge is -2.39. The van der Waals surface area contributed by atoms with Gasteiger partial charge in [-0.3, -0.25) is 0 Å². The quantitative estimate of drug-likeness (QED) is 0.708. The van der Waals surface area contributed by atoms with Crippen molar-refractivity contribution in [3.8, 4) is 0 Å². The van der Waals surface area contributed by atoms with E-state index in [0.29, 0.717) is 0 Å². The second-order valence-electron chi connectivity index (χ2n) is 4.19. The smallest absolute Gasteiger partial charge is 0.127 e. The highest BCUT2D eigenvalue weighted by Gasteiger charge is 2.40. The van der Waals surface area contributed by atoms with Gasteiger partial charge in [0.15, 0.2) is 0 Å². The summed E-state index contributed by atoms with van der Waals surface area (Å²) < 4.78 is 5.67. The van der Waals surface area contributed by atoms with E-state index in [4.69, 9.17) is 4.42 Å². The predicted octanol–water partition coefficient (Wildman–Crippen LogP) is 2.15. The molecule has 3 rings (SSSR count). The summed E-state index contributed by atoms with van der Waals surface area (Å²) in [5.41, 5.74) is 1.59. The summed E-state index contributed by atoms with van der Waals surface area (Å²) in [6, 6.07) is 2.14. The number of hydrogen-bond donors (Lipinski definition) is 1. The fraction of sp³-hybridized carbons (Fsp3) is 0.636. The van der Waals surface area contributed by atoms with Gasteiger partial charge in [-0.05, 0) is 36.6 Å². The van der Waals surface area contributed by atoms with Crippen molar-refractivity contribution in [1.82, 2.24) is 5.32 Å². The summed E-state index contributed by atoms with van der Waals surface area (Å²) in [7, 11) is 0. The second-order valence-corrected chi connectivity index (χ2v) is 5.30. The van der Waals surface area contributed by atoms with Gasteiger partial charge >= 0.3 is 0 Å². The summed E-state index contributed by atoms with van der Waals surface area (Å²) in [5, 5.41) is 3.66. The largest absolute Gasteiger partial charge is 0.467 e. The monoisotopic (exact) mass is 209 g/mol. The molecular formula is C11H15NOS. The predicted molar refractivity (Wildman–Crippen MR) is 58.7 cm³/mol. The van der Waals surface area contributed by atoms with Gasteiger partial charge in [-0.1, -0.05) is 0 Å². The maximum atomic E-state index is 5.67. The molecule has 2 aliphatic rings. The van der Waals surface area contributed by atoms with Crippen LogP contribution in [0.3, 0.4) is 0 Å². The second kappa shape index (κ2) is 3.31. The molecule has 1 aromatic rings. The third-order valence-electron chi connectivity index (χ3n) is 3.28. The molecule has 3 heterocycles. The molecule has 0 radical (unpaired) electrons. The number of rotatable bonds is 0. The van der Waals surface area contributed by atoms with Crippen molar-refractivity contribution in [3.05, 3.63) is 23.7 Å². The van der Waals surface area contributed by atoms with Gasteiger partial charge in [-0.25, -0.2) is 0 Å². The van der Waals surface area contributed by atoms with E-state index in [-0.39, 0.29) is 5.54 Å². The van der Waals surface area contributed by atoms with Crippen LogP contribution < -0.4 is 5.32 Å². The van der Waals surface area contributed by atoms with Crippen LogP contribution in [-0.4, -0.2) is 18.1 Å². The van der Waals surface area contributed by atoms with Crippen molar-refractivity contribution in [2.75, 3.05) is 18.1 Å². The van der Waals surface area contributed by atoms with E-state index in [2.05, 4.69) is 11.4 Å². The van der Waals surface area contributed by atoms with E-state index < -0.39 is 0 Å². The fourth-order valence-corrected chi connectivity index (χ4v) is 3.80. The average Bonchev–Trinajstić information content (AvgIpc) is 2.69. The van der Waals surface area contributed by atoms with E-state index in [9.17, 15) is 0 Å². The molecule has 1 saturated heterocycles. The zero-order chi connectivity index (χ0) is 9.43. The third kappa shape index (κ3) is 1.22. The highest BCUT2D eigenvalue weighted by Crippen LogP contribution is 2.39. The molecule has 14 heavy (non-hydrogen) atoms. The van der Waals surface area contributed by atoms with Crippen molar-refractivity contribution in [2.24, 2.45) is 0 Å². The fourth-order valence-electron chi connectivity index (χ4n) is 2.58. The van der Waals surface area contributed by atoms with Crippen LogP contribution in [0.25, 0.3) is 0 Å². The maximum Gasteiger partial charge on any atom is 0.127 e. The van der Waals surface area contributed by atoms with Crippen LogP contribution in [0.1, 0.15) is 24.2 Å². The summed E-state index contributed by atoms with van der Waals surface area (Å²) in [5.74, 6) is 3.70. The van der Waals surface area contributed by atoms with Crippen molar-refractivity contribution in [1.29, 1.82) is 0 Å². The number of fused-ring (bicyclic) bond motifs is 2. The SMILES string of the molecule is c1cc2c(o1)C1(CCCSC1)NCC2. The lowest BCUT2D eigenvalue weighted by molar-refractivity contribution is 0.259. The summed E-state index contributed by atoms with van der Waals surface area (Å²) >= 11 is 2.04. The van der Waals surface area contributed by atoms with E-state index >= 15 is 0 Å². The number of hydrogen-bond acceptors (Lipinski definition) is 3. The highest BCUT2D eigenvalue weighted by molar-refractivity contribution is 7.99. The Bertz CT molecular complexity index is 328. The molecule has 0 aromatic carbocycles. The zero-order valence-corrected chi connectivity index (χ0v) is 9.03. The van der Waals surface area contributed by atoms with Crippen LogP contribution in [0.5, 0.6) is 0 Å². The van der Waals surface area contributed by atoms with Crippen LogP contribution in [0, 0.1) is 0 Å². The number of thioether (sulfide) groups is 1. The first-order valence-corrected chi connectivity index (χ1v) is 6.46. The van der Waals surface area contributed by atoms with Crippen molar-refractivity contribution < 1.29 is 4.42 Å². The molecule has 1 fully saturated rings. The molecule has 1 atom stereocenters. The molecule has 1 spiro atoms. The summed E-state index contributed by atoms with van der Waals surface area (Å²) in [6.07, 6.45) is 5.51. The summed E-state index contributed by atoms with van der Waals surface area (Å²) in [4.78, 5) is 0. The molecule has 1 unspecified atom stereocenters. The van der Waals surface area contributed by atoms with Crippen LogP contribution in [-0.2, 0) is 12.0 Å². The Morgan fingerprint density at radius 2 is 2.50 bits per heavy atom. The Morgan fingerprint density at radius 3 is 3.36 bits per heavy atom. The Balaban J connectivity index is 2.01. The van der Waals surface area contributed by atoms with Crippen molar-refractivity contribution in [3.63, 3.8) is 0 Å². The molecule has 76 valence electrons. The molecule has 0 bridgehead atoms. The van der Waals surface area contributed by atoms with E-state index in [1.807, 2.05) is 18.0 Å². The normalized spacial score (nSPS) is 31.7. The number of furan rings is 1. The molecule has 0 amide bonds. The van der Waals surface area contributed by atoms with Crippen LogP contribution in [0.15, 0.2) is 16.7 Å². The van der Waals surface area contributed by atoms with Crippen LogP contribution >= 0.6 is 11.8 Å². The Hall–Kier alpha value is -0.410. The Labute approximate surface area is 88.4 Å². The maximum absolute atomic E-state index is 5.67. The van der Waals surface area contributed by atoms with E-state index in [0.717, 1.165) is 13.0 Å². The Morgan fingerprint density at radius 1 is 1.50 bits per heavy atom. The lowest BCUT2D eigenvalue weighted by Crippen LogP contribution is -2.50. The van der Waals surface area contributed by atoms with Crippen LogP contribution in [0.2, 0.25) is 0 Å². The van der Waals surface area contributed by atoms with Crippen molar-refractivity contribution in [2.45, 2.75) is 24.8 Å². The zero-order valence-electron chi connectivity index (χ0n) is 8.21. The van der Waals surface area contributed by atoms with Gasteiger partial charge in [-0.2, -0.15) is 11.8 Å². The van der Waals surface area contributed by atoms with Gasteiger partial charge in [0.25, 0.3) is 0 Å². The molecular weight excluding hydrogens is 194 g/mol. The molecule has 0 saturated carbocycles. The van der Waals surface area contributed by atoms with Crippen molar-refractivity contribution >= 4 is 11.8 Å². The lowest BCUT2D eigenvalue weighted by atomic mass is 9.86. The van der Waals surface area contributed by atoms with Gasteiger partial charge in [0.05, 0.1) is 11.8 Å². The molecule has 1 aromatic heterocycles.